The summed E-state index contributed by atoms with van der Waals surface area (Å²) in [7, 11) is 0. The second-order valence-corrected chi connectivity index (χ2v) is 7.82. The lowest BCUT2D eigenvalue weighted by Gasteiger charge is -2.21. The first-order valence-corrected chi connectivity index (χ1v) is 9.41. The highest BCUT2D eigenvalue weighted by molar-refractivity contribution is 5.99. The molecule has 9 heteroatoms. The van der Waals surface area contributed by atoms with Crippen LogP contribution < -0.4 is 14.4 Å². The van der Waals surface area contributed by atoms with Crippen LogP contribution in [0, 0.1) is 6.92 Å². The molecule has 1 amide bonds. The molecule has 0 saturated carbocycles. The molecule has 0 spiro atoms. The fraction of sp³-hybridized carbons (Fsp3) is 0.429. The normalized spacial score (nSPS) is 17.4. The summed E-state index contributed by atoms with van der Waals surface area (Å²) < 4.78 is 49.0. The standard InChI is InChI=1S/C21H23F3N2O4/c1-13-10-15(5-6-16(13)29-12-20(2,3)28)26-9-8-17(19(26)27)30-18-7-4-14(11-25-18)21(22,23)24/h4-7,10-11,17,28H,8-9,12H2,1-3H3/t17-/m0/s1. The van der Waals surface area contributed by atoms with E-state index in [1.54, 1.807) is 36.9 Å². The van der Waals surface area contributed by atoms with Crippen LogP contribution in [0.15, 0.2) is 36.5 Å². The molecule has 30 heavy (non-hydrogen) atoms. The second-order valence-electron chi connectivity index (χ2n) is 7.82. The van der Waals surface area contributed by atoms with Gasteiger partial charge < -0.3 is 19.5 Å². The zero-order valence-electron chi connectivity index (χ0n) is 16.9. The summed E-state index contributed by atoms with van der Waals surface area (Å²) in [5, 5.41) is 9.78. The largest absolute Gasteiger partial charge is 0.490 e. The molecule has 1 N–H and O–H groups in total. The van der Waals surface area contributed by atoms with Gasteiger partial charge in [-0.2, -0.15) is 13.2 Å². The lowest BCUT2D eigenvalue weighted by Crippen LogP contribution is -2.32. The summed E-state index contributed by atoms with van der Waals surface area (Å²) in [5.41, 5.74) is -0.373. The quantitative estimate of drug-likeness (QED) is 0.765. The molecule has 1 aromatic heterocycles. The van der Waals surface area contributed by atoms with Crippen LogP contribution in [0.1, 0.15) is 31.4 Å². The van der Waals surface area contributed by atoms with E-state index in [1.807, 2.05) is 6.92 Å². The first-order valence-electron chi connectivity index (χ1n) is 9.41. The number of carbonyl (C=O) groups excluding carboxylic acids is 1. The average Bonchev–Trinajstić information content (AvgIpc) is 3.00. The fourth-order valence-corrected chi connectivity index (χ4v) is 3.00. The van der Waals surface area contributed by atoms with Gasteiger partial charge in [0.15, 0.2) is 6.10 Å². The summed E-state index contributed by atoms with van der Waals surface area (Å²) in [4.78, 5) is 17.9. The van der Waals surface area contributed by atoms with Crippen molar-refractivity contribution in [1.29, 1.82) is 0 Å². The van der Waals surface area contributed by atoms with Gasteiger partial charge in [0.2, 0.25) is 5.88 Å². The van der Waals surface area contributed by atoms with Crippen molar-refractivity contribution in [2.24, 2.45) is 0 Å². The van der Waals surface area contributed by atoms with Gasteiger partial charge in [0.25, 0.3) is 5.91 Å². The number of amides is 1. The number of aryl methyl sites for hydroxylation is 1. The van der Waals surface area contributed by atoms with Crippen LogP contribution in [0.25, 0.3) is 0 Å². The van der Waals surface area contributed by atoms with E-state index in [9.17, 15) is 23.1 Å². The number of benzene rings is 1. The predicted molar refractivity (Wildman–Crippen MR) is 104 cm³/mol. The number of hydrogen-bond acceptors (Lipinski definition) is 5. The molecule has 1 aliphatic rings. The van der Waals surface area contributed by atoms with Gasteiger partial charge in [0, 0.05) is 30.9 Å². The van der Waals surface area contributed by atoms with Gasteiger partial charge in [-0.05, 0) is 50.6 Å². The molecule has 0 radical (unpaired) electrons. The van der Waals surface area contributed by atoms with Crippen LogP contribution in [0.5, 0.6) is 11.6 Å². The van der Waals surface area contributed by atoms with E-state index in [-0.39, 0.29) is 18.4 Å². The number of aromatic nitrogens is 1. The van der Waals surface area contributed by atoms with Gasteiger partial charge in [-0.1, -0.05) is 0 Å². The smallest absolute Gasteiger partial charge is 0.417 e. The van der Waals surface area contributed by atoms with Gasteiger partial charge >= 0.3 is 6.18 Å². The maximum atomic E-state index is 12.7. The Morgan fingerprint density at radius 1 is 1.23 bits per heavy atom. The van der Waals surface area contributed by atoms with Crippen LogP contribution in [0.3, 0.4) is 0 Å². The van der Waals surface area contributed by atoms with Gasteiger partial charge in [-0.15, -0.1) is 0 Å². The number of nitrogens with zero attached hydrogens (tertiary/aromatic N) is 2. The minimum absolute atomic E-state index is 0.0326. The molecule has 0 unspecified atom stereocenters. The summed E-state index contributed by atoms with van der Waals surface area (Å²) >= 11 is 0. The van der Waals surface area contributed by atoms with E-state index in [0.29, 0.717) is 30.6 Å². The Hall–Kier alpha value is -2.81. The van der Waals surface area contributed by atoms with Crippen molar-refractivity contribution in [3.05, 3.63) is 47.7 Å². The van der Waals surface area contributed by atoms with Crippen molar-refractivity contribution in [2.45, 2.75) is 45.1 Å². The Morgan fingerprint density at radius 2 is 1.97 bits per heavy atom. The third-order valence-corrected chi connectivity index (χ3v) is 4.53. The van der Waals surface area contributed by atoms with Crippen molar-refractivity contribution in [2.75, 3.05) is 18.1 Å². The van der Waals surface area contributed by atoms with E-state index in [1.165, 1.54) is 0 Å². The Bertz CT molecular complexity index is 908. The molecule has 1 saturated heterocycles. The van der Waals surface area contributed by atoms with Crippen molar-refractivity contribution in [3.63, 3.8) is 0 Å². The molecule has 1 aliphatic heterocycles. The van der Waals surface area contributed by atoms with Crippen molar-refractivity contribution < 1.29 is 32.5 Å². The van der Waals surface area contributed by atoms with Crippen LogP contribution in [-0.2, 0) is 11.0 Å². The zero-order chi connectivity index (χ0) is 22.1. The van der Waals surface area contributed by atoms with E-state index in [0.717, 1.165) is 17.7 Å². The number of anilines is 1. The summed E-state index contributed by atoms with van der Waals surface area (Å²) in [6, 6.07) is 7.25. The van der Waals surface area contributed by atoms with E-state index >= 15 is 0 Å². The first-order chi connectivity index (χ1) is 13.9. The Morgan fingerprint density at radius 3 is 2.53 bits per heavy atom. The minimum atomic E-state index is -4.48. The minimum Gasteiger partial charge on any atom is -0.490 e. The molecule has 162 valence electrons. The molecule has 0 bridgehead atoms. The number of pyridine rings is 1. The van der Waals surface area contributed by atoms with Crippen molar-refractivity contribution in [3.8, 4) is 11.6 Å². The zero-order valence-corrected chi connectivity index (χ0v) is 16.9. The highest BCUT2D eigenvalue weighted by Gasteiger charge is 2.35. The second kappa shape index (κ2) is 8.14. The van der Waals surface area contributed by atoms with Gasteiger partial charge in [0.1, 0.15) is 12.4 Å². The highest BCUT2D eigenvalue weighted by Crippen LogP contribution is 2.31. The number of alkyl halides is 3. The molecule has 3 rings (SSSR count). The molecule has 0 aliphatic carbocycles. The summed E-state index contributed by atoms with van der Waals surface area (Å²) in [6.45, 7) is 5.67. The number of aliphatic hydroxyl groups is 1. The van der Waals surface area contributed by atoms with E-state index in [2.05, 4.69) is 4.98 Å². The van der Waals surface area contributed by atoms with Gasteiger partial charge in [0.05, 0.1) is 11.2 Å². The highest BCUT2D eigenvalue weighted by atomic mass is 19.4. The lowest BCUT2D eigenvalue weighted by molar-refractivity contribution is -0.138. The number of carbonyl (C=O) groups is 1. The molecule has 1 atom stereocenters. The van der Waals surface area contributed by atoms with E-state index in [4.69, 9.17) is 9.47 Å². The Balaban J connectivity index is 1.65. The van der Waals surface area contributed by atoms with Crippen LogP contribution >= 0.6 is 0 Å². The van der Waals surface area contributed by atoms with E-state index < -0.39 is 23.4 Å². The van der Waals surface area contributed by atoms with Crippen molar-refractivity contribution in [1.82, 2.24) is 4.98 Å². The van der Waals surface area contributed by atoms with Gasteiger partial charge in [-0.25, -0.2) is 4.98 Å². The predicted octanol–water partition coefficient (Wildman–Crippen LogP) is 3.74. The Labute approximate surface area is 172 Å². The van der Waals surface area contributed by atoms with Crippen LogP contribution in [0.2, 0.25) is 0 Å². The number of halogens is 3. The van der Waals surface area contributed by atoms with Gasteiger partial charge in [-0.3, -0.25) is 4.79 Å². The Kier molecular flexibility index (Phi) is 5.94. The van der Waals surface area contributed by atoms with Crippen molar-refractivity contribution >= 4 is 11.6 Å². The molecule has 6 nitrogen and oxygen atoms in total. The fourth-order valence-electron chi connectivity index (χ4n) is 3.00. The number of rotatable bonds is 6. The molecular formula is C21H23F3N2O4. The van der Waals surface area contributed by atoms with Crippen LogP contribution in [0.4, 0.5) is 18.9 Å². The molecule has 1 aromatic carbocycles. The third kappa shape index (κ3) is 5.21. The monoisotopic (exact) mass is 424 g/mol. The summed E-state index contributed by atoms with van der Waals surface area (Å²) in [5.74, 6) is 0.283. The first kappa shape index (κ1) is 21.9. The topological polar surface area (TPSA) is 71.9 Å². The third-order valence-electron chi connectivity index (χ3n) is 4.53. The molecule has 2 aromatic rings. The lowest BCUT2D eigenvalue weighted by atomic mass is 10.1. The maximum absolute atomic E-state index is 12.7. The molecular weight excluding hydrogens is 401 g/mol. The summed E-state index contributed by atoms with van der Waals surface area (Å²) in [6.07, 6.45) is -4.23. The number of hydrogen-bond donors (Lipinski definition) is 1. The average molecular weight is 424 g/mol. The van der Waals surface area contributed by atoms with Crippen LogP contribution in [-0.4, -0.2) is 40.9 Å². The SMILES string of the molecule is Cc1cc(N2CC[C@H](Oc3ccc(C(F)(F)F)cn3)C2=O)ccc1OCC(C)(C)O. The molecule has 1 fully saturated rings. The molecule has 2 heterocycles. The maximum Gasteiger partial charge on any atom is 0.417 e. The number of ether oxygens (including phenoxy) is 2.